The second-order valence-electron chi connectivity index (χ2n) is 8.12. The maximum atomic E-state index is 10.8. The fourth-order valence-corrected chi connectivity index (χ4v) is 3.82. The molecule has 0 spiro atoms. The number of hydrogen-bond acceptors (Lipinski definition) is 4. The van der Waals surface area contributed by atoms with Crippen LogP contribution in [0.3, 0.4) is 0 Å². The largest absolute Gasteiger partial charge is 0.466 e. The van der Waals surface area contributed by atoms with Crippen molar-refractivity contribution in [3.8, 4) is 0 Å². The van der Waals surface area contributed by atoms with Crippen LogP contribution in [0.15, 0.2) is 15.5 Å². The van der Waals surface area contributed by atoms with Crippen LogP contribution in [0.2, 0.25) is 0 Å². The summed E-state index contributed by atoms with van der Waals surface area (Å²) in [6.45, 7) is 15.5. The first-order chi connectivity index (χ1) is 12.8. The number of furan rings is 1. The van der Waals surface area contributed by atoms with E-state index in [1.165, 1.54) is 25.9 Å². The number of guanidine groups is 1. The molecule has 28 heavy (non-hydrogen) atoms. The summed E-state index contributed by atoms with van der Waals surface area (Å²) < 4.78 is 5.56. The van der Waals surface area contributed by atoms with Crippen LogP contribution >= 0.6 is 24.0 Å². The summed E-state index contributed by atoms with van der Waals surface area (Å²) in [6.07, 6.45) is 3.77. The molecule has 6 nitrogen and oxygen atoms in total. The Balaban J connectivity index is 0.00000392. The predicted molar refractivity (Wildman–Crippen MR) is 127 cm³/mol. The third kappa shape index (κ3) is 7.91. The van der Waals surface area contributed by atoms with E-state index in [0.717, 1.165) is 55.0 Å². The van der Waals surface area contributed by atoms with Crippen molar-refractivity contribution in [2.24, 2.45) is 10.9 Å². The highest BCUT2D eigenvalue weighted by Crippen LogP contribution is 2.27. The minimum absolute atomic E-state index is 0. The van der Waals surface area contributed by atoms with Crippen LogP contribution < -0.4 is 10.6 Å². The van der Waals surface area contributed by atoms with Crippen molar-refractivity contribution >= 4 is 29.9 Å². The van der Waals surface area contributed by atoms with E-state index < -0.39 is 5.60 Å². The third-order valence-electron chi connectivity index (χ3n) is 5.20. The Kier molecular flexibility index (Phi) is 10.8. The van der Waals surface area contributed by atoms with Gasteiger partial charge >= 0.3 is 0 Å². The lowest BCUT2D eigenvalue weighted by atomic mass is 9.96. The van der Waals surface area contributed by atoms with E-state index in [9.17, 15) is 5.11 Å². The van der Waals surface area contributed by atoms with Crippen molar-refractivity contribution in [2.75, 3.05) is 39.3 Å². The summed E-state index contributed by atoms with van der Waals surface area (Å²) in [5.74, 6) is 3.13. The average molecular weight is 506 g/mol. The highest BCUT2D eigenvalue weighted by molar-refractivity contribution is 14.0. The van der Waals surface area contributed by atoms with Crippen LogP contribution in [-0.4, -0.2) is 55.2 Å². The highest BCUT2D eigenvalue weighted by Gasteiger charge is 2.27. The van der Waals surface area contributed by atoms with Gasteiger partial charge in [0.2, 0.25) is 0 Å². The van der Waals surface area contributed by atoms with Crippen molar-refractivity contribution in [1.82, 2.24) is 15.5 Å². The molecule has 1 fully saturated rings. The van der Waals surface area contributed by atoms with Gasteiger partial charge in [-0.2, -0.15) is 0 Å². The second kappa shape index (κ2) is 12.0. The van der Waals surface area contributed by atoms with Gasteiger partial charge in [0.25, 0.3) is 0 Å². The van der Waals surface area contributed by atoms with E-state index in [1.54, 1.807) is 6.92 Å². The van der Waals surface area contributed by atoms with Crippen molar-refractivity contribution in [2.45, 2.75) is 59.5 Å². The summed E-state index contributed by atoms with van der Waals surface area (Å²) in [6, 6.07) is 1.89. The monoisotopic (exact) mass is 506 g/mol. The van der Waals surface area contributed by atoms with Gasteiger partial charge in [-0.3, -0.25) is 0 Å². The Morgan fingerprint density at radius 1 is 1.39 bits per heavy atom. The number of aliphatic imine (C=N–C) groups is 1. The molecule has 2 rings (SSSR count). The fourth-order valence-electron chi connectivity index (χ4n) is 3.82. The first kappa shape index (κ1) is 25.2. The topological polar surface area (TPSA) is 73.0 Å². The Morgan fingerprint density at radius 3 is 2.75 bits per heavy atom. The van der Waals surface area contributed by atoms with E-state index in [1.807, 2.05) is 26.8 Å². The Hall–Kier alpha value is -0.800. The summed E-state index contributed by atoms with van der Waals surface area (Å²) >= 11 is 0. The molecule has 0 aliphatic carbocycles. The number of aliphatic hydroxyl groups is 1. The molecule has 7 heteroatoms. The van der Waals surface area contributed by atoms with Gasteiger partial charge in [0.15, 0.2) is 5.96 Å². The average Bonchev–Trinajstić information content (AvgIpc) is 2.96. The zero-order valence-electron chi connectivity index (χ0n) is 18.2. The zero-order chi connectivity index (χ0) is 19.9. The molecule has 1 aromatic heterocycles. The molecule has 1 saturated heterocycles. The minimum Gasteiger partial charge on any atom is -0.466 e. The summed E-state index contributed by atoms with van der Waals surface area (Å²) in [5, 5.41) is 17.5. The van der Waals surface area contributed by atoms with Crippen LogP contribution in [-0.2, 0) is 5.60 Å². The number of hydrogen-bond donors (Lipinski definition) is 3. The summed E-state index contributed by atoms with van der Waals surface area (Å²) in [4.78, 5) is 7.16. The minimum atomic E-state index is -1.05. The van der Waals surface area contributed by atoms with Crippen molar-refractivity contribution in [1.29, 1.82) is 0 Å². The molecule has 162 valence electrons. The van der Waals surface area contributed by atoms with E-state index >= 15 is 0 Å². The zero-order valence-corrected chi connectivity index (χ0v) is 20.5. The Labute approximate surface area is 187 Å². The molecular formula is C21H39IN4O2. The van der Waals surface area contributed by atoms with Gasteiger partial charge in [-0.25, -0.2) is 4.99 Å². The molecule has 3 N–H and O–H groups in total. The first-order valence-corrected chi connectivity index (χ1v) is 10.4. The maximum absolute atomic E-state index is 10.8. The van der Waals surface area contributed by atoms with E-state index in [0.29, 0.717) is 0 Å². The highest BCUT2D eigenvalue weighted by atomic mass is 127. The van der Waals surface area contributed by atoms with Gasteiger partial charge in [0.05, 0.1) is 6.54 Å². The number of nitrogens with zero attached hydrogens (tertiary/aromatic N) is 2. The molecule has 2 atom stereocenters. The van der Waals surface area contributed by atoms with Crippen molar-refractivity contribution in [3.05, 3.63) is 23.2 Å². The van der Waals surface area contributed by atoms with Crippen LogP contribution in [0.4, 0.5) is 0 Å². The van der Waals surface area contributed by atoms with Gasteiger partial charge in [0.1, 0.15) is 17.1 Å². The van der Waals surface area contributed by atoms with Gasteiger partial charge < -0.3 is 25.1 Å². The third-order valence-corrected chi connectivity index (χ3v) is 5.20. The lowest BCUT2D eigenvalue weighted by Gasteiger charge is -2.30. The lowest BCUT2D eigenvalue weighted by Crippen LogP contribution is -2.41. The summed E-state index contributed by atoms with van der Waals surface area (Å²) in [5.41, 5.74) is -0.243. The second-order valence-corrected chi connectivity index (χ2v) is 8.12. The van der Waals surface area contributed by atoms with Crippen molar-refractivity contribution < 1.29 is 9.52 Å². The van der Waals surface area contributed by atoms with E-state index in [-0.39, 0.29) is 30.5 Å². The van der Waals surface area contributed by atoms with Crippen LogP contribution in [0.5, 0.6) is 0 Å². The molecule has 0 amide bonds. The number of likely N-dealkylation sites (tertiary alicyclic amines) is 1. The van der Waals surface area contributed by atoms with Crippen LogP contribution in [0, 0.1) is 19.8 Å². The smallest absolute Gasteiger partial charge is 0.191 e. The van der Waals surface area contributed by atoms with E-state index in [2.05, 4.69) is 27.4 Å². The number of nitrogens with one attached hydrogen (secondary N) is 2. The SMILES string of the molecule is CCNC(=NCC(C)(O)c1cc(C)oc1C)NCCCN1CCCC(C)C1.I. The molecule has 0 saturated carbocycles. The maximum Gasteiger partial charge on any atom is 0.191 e. The molecule has 0 radical (unpaired) electrons. The molecule has 2 unspecified atom stereocenters. The molecule has 1 aromatic rings. The van der Waals surface area contributed by atoms with Crippen LogP contribution in [0.25, 0.3) is 0 Å². The molecule has 2 heterocycles. The van der Waals surface area contributed by atoms with E-state index in [4.69, 9.17) is 4.42 Å². The standard InChI is InChI=1S/C21H38N4O2.HI/c1-6-22-20(23-10-8-12-25-11-7-9-16(2)14-25)24-15-21(5,26)19-13-17(3)27-18(19)4;/h13,16,26H,6-12,14-15H2,1-5H3,(H2,22,23,24);1H. The molecular weight excluding hydrogens is 467 g/mol. The quantitative estimate of drug-likeness (QED) is 0.218. The van der Waals surface area contributed by atoms with Gasteiger partial charge in [-0.05, 0) is 72.0 Å². The van der Waals surface area contributed by atoms with Crippen molar-refractivity contribution in [3.63, 3.8) is 0 Å². The number of rotatable bonds is 8. The molecule has 0 aromatic carbocycles. The first-order valence-electron chi connectivity index (χ1n) is 10.4. The van der Waals surface area contributed by atoms with Gasteiger partial charge in [-0.1, -0.05) is 6.92 Å². The summed E-state index contributed by atoms with van der Waals surface area (Å²) in [7, 11) is 0. The van der Waals surface area contributed by atoms with Gasteiger partial charge in [-0.15, -0.1) is 24.0 Å². The fraction of sp³-hybridized carbons (Fsp3) is 0.762. The normalized spacial score (nSPS) is 20.4. The molecule has 0 bridgehead atoms. The number of halogens is 1. The lowest BCUT2D eigenvalue weighted by molar-refractivity contribution is 0.0657. The Bertz CT molecular complexity index is 616. The number of aryl methyl sites for hydroxylation is 2. The predicted octanol–water partition coefficient (Wildman–Crippen LogP) is 3.40. The Morgan fingerprint density at radius 2 is 2.14 bits per heavy atom. The van der Waals surface area contributed by atoms with Gasteiger partial charge in [0, 0.05) is 25.2 Å². The molecule has 1 aliphatic heterocycles. The van der Waals surface area contributed by atoms with Crippen LogP contribution in [0.1, 0.15) is 57.1 Å². The molecule has 1 aliphatic rings. The number of piperidine rings is 1.